The first kappa shape index (κ1) is 13.9. The summed E-state index contributed by atoms with van der Waals surface area (Å²) in [6.45, 7) is 6.18. The normalized spacial score (nSPS) is 11.4. The number of carbonyl (C=O) groups is 1. The van der Waals surface area contributed by atoms with Crippen LogP contribution in [0.15, 0.2) is 23.1 Å². The van der Waals surface area contributed by atoms with Gasteiger partial charge in [0, 0.05) is 19.0 Å². The molecule has 1 aromatic carbocycles. The number of carbonyl (C=O) groups excluding carboxylic acids is 1. The highest BCUT2D eigenvalue weighted by atomic mass is 32.2. The second-order valence-corrected chi connectivity index (χ2v) is 6.19. The zero-order valence-corrected chi connectivity index (χ0v) is 11.8. The summed E-state index contributed by atoms with van der Waals surface area (Å²) in [4.78, 5) is 14.1. The molecule has 1 amide bonds. The van der Waals surface area contributed by atoms with E-state index in [1.54, 1.807) is 37.2 Å². The number of rotatable bonds is 1. The molecule has 0 atom stereocenters. The van der Waals surface area contributed by atoms with Crippen LogP contribution >= 0.6 is 11.8 Å². The lowest BCUT2D eigenvalue weighted by Crippen LogP contribution is -2.18. The lowest BCUT2D eigenvalue weighted by Gasteiger charge is -2.23. The van der Waals surface area contributed by atoms with E-state index in [2.05, 4.69) is 20.8 Å². The quantitative estimate of drug-likeness (QED) is 0.779. The van der Waals surface area contributed by atoms with Crippen molar-refractivity contribution in [2.45, 2.75) is 31.1 Å². The van der Waals surface area contributed by atoms with Crippen LogP contribution in [0.25, 0.3) is 0 Å². The van der Waals surface area contributed by atoms with Crippen LogP contribution in [0.3, 0.4) is 0 Å². The van der Waals surface area contributed by atoms with Gasteiger partial charge >= 0.3 is 0 Å². The molecule has 94 valence electrons. The van der Waals surface area contributed by atoms with Gasteiger partial charge in [-0.1, -0.05) is 20.8 Å². The van der Waals surface area contributed by atoms with Gasteiger partial charge in [-0.2, -0.15) is 0 Å². The molecule has 1 rings (SSSR count). The van der Waals surface area contributed by atoms with E-state index in [4.69, 9.17) is 0 Å². The predicted octanol–water partition coefficient (Wildman–Crippen LogP) is 3.46. The summed E-state index contributed by atoms with van der Waals surface area (Å²) in [7, 11) is 3.46. The molecule has 0 saturated carbocycles. The van der Waals surface area contributed by atoms with E-state index in [1.165, 1.54) is 11.8 Å². The Balaban J connectivity index is 3.12. The molecule has 3 nitrogen and oxygen atoms in total. The molecule has 0 fully saturated rings. The van der Waals surface area contributed by atoms with Gasteiger partial charge < -0.3 is 10.0 Å². The number of nitrogens with zero attached hydrogens (tertiary/aromatic N) is 1. The third kappa shape index (κ3) is 3.66. The molecular formula is C13H19NO2S. The average Bonchev–Trinajstić information content (AvgIpc) is 2.18. The molecule has 1 aromatic rings. The third-order valence-electron chi connectivity index (χ3n) is 2.33. The standard InChI is InChI=1S/C13H19NO2S/c1-13(2,3)10-8-9(15)6-7-11(10)17-12(16)14(4)5/h6-8,15H,1-5H3. The highest BCUT2D eigenvalue weighted by Crippen LogP contribution is 2.35. The Kier molecular flexibility index (Phi) is 4.09. The van der Waals surface area contributed by atoms with Crippen molar-refractivity contribution in [2.24, 2.45) is 0 Å². The number of phenolic OH excluding ortho intramolecular Hbond substituents is 1. The molecule has 17 heavy (non-hydrogen) atoms. The molecule has 4 heteroatoms. The van der Waals surface area contributed by atoms with Crippen LogP contribution in [0, 0.1) is 0 Å². The Morgan fingerprint density at radius 2 is 1.88 bits per heavy atom. The monoisotopic (exact) mass is 253 g/mol. The fourth-order valence-electron chi connectivity index (χ4n) is 1.38. The maximum atomic E-state index is 11.7. The first-order valence-electron chi connectivity index (χ1n) is 5.44. The Morgan fingerprint density at radius 1 is 1.29 bits per heavy atom. The van der Waals surface area contributed by atoms with Crippen molar-refractivity contribution in [2.75, 3.05) is 14.1 Å². The van der Waals surface area contributed by atoms with E-state index in [1.807, 2.05) is 0 Å². The van der Waals surface area contributed by atoms with Crippen molar-refractivity contribution in [3.8, 4) is 5.75 Å². The highest BCUT2D eigenvalue weighted by Gasteiger charge is 2.21. The smallest absolute Gasteiger partial charge is 0.285 e. The summed E-state index contributed by atoms with van der Waals surface area (Å²) >= 11 is 1.19. The molecule has 0 spiro atoms. The SMILES string of the molecule is CN(C)C(=O)Sc1ccc(O)cc1C(C)(C)C. The fourth-order valence-corrected chi connectivity index (χ4v) is 2.36. The average molecular weight is 253 g/mol. The molecule has 0 heterocycles. The molecule has 0 saturated heterocycles. The van der Waals surface area contributed by atoms with Gasteiger partial charge in [-0.3, -0.25) is 4.79 Å². The Labute approximate surface area is 107 Å². The third-order valence-corrected chi connectivity index (χ3v) is 3.45. The zero-order chi connectivity index (χ0) is 13.2. The number of thioether (sulfide) groups is 1. The van der Waals surface area contributed by atoms with Crippen molar-refractivity contribution in [1.82, 2.24) is 4.90 Å². The Hall–Kier alpha value is -1.16. The van der Waals surface area contributed by atoms with Crippen LogP contribution < -0.4 is 0 Å². The number of aromatic hydroxyl groups is 1. The summed E-state index contributed by atoms with van der Waals surface area (Å²) < 4.78 is 0. The van der Waals surface area contributed by atoms with Gasteiger partial charge in [-0.15, -0.1) is 0 Å². The van der Waals surface area contributed by atoms with E-state index >= 15 is 0 Å². The molecule has 0 aliphatic rings. The Bertz CT molecular complexity index is 422. The summed E-state index contributed by atoms with van der Waals surface area (Å²) in [5.41, 5.74) is 0.880. The number of phenols is 1. The molecule has 0 aromatic heterocycles. The molecule has 0 radical (unpaired) electrons. The van der Waals surface area contributed by atoms with Crippen LogP contribution in [0.2, 0.25) is 0 Å². The molecule has 0 aliphatic heterocycles. The van der Waals surface area contributed by atoms with Crippen molar-refractivity contribution in [3.63, 3.8) is 0 Å². The van der Waals surface area contributed by atoms with Gasteiger partial charge in [-0.25, -0.2) is 0 Å². The van der Waals surface area contributed by atoms with Gasteiger partial charge in [0.25, 0.3) is 5.24 Å². The summed E-state index contributed by atoms with van der Waals surface area (Å²) in [6, 6.07) is 5.13. The largest absolute Gasteiger partial charge is 0.508 e. The molecule has 0 aliphatic carbocycles. The van der Waals surface area contributed by atoms with Gasteiger partial charge in [-0.05, 0) is 40.9 Å². The molecular weight excluding hydrogens is 234 g/mol. The number of amides is 1. The summed E-state index contributed by atoms with van der Waals surface area (Å²) in [6.07, 6.45) is 0. The van der Waals surface area contributed by atoms with E-state index in [9.17, 15) is 9.90 Å². The van der Waals surface area contributed by atoms with Gasteiger partial charge in [0.05, 0.1) is 0 Å². The van der Waals surface area contributed by atoms with Crippen LogP contribution in [0.4, 0.5) is 4.79 Å². The number of benzene rings is 1. The van der Waals surface area contributed by atoms with E-state index in [0.29, 0.717) is 0 Å². The van der Waals surface area contributed by atoms with Crippen molar-refractivity contribution in [1.29, 1.82) is 0 Å². The first-order valence-corrected chi connectivity index (χ1v) is 6.26. The first-order chi connectivity index (χ1) is 7.71. The number of hydrogen-bond donors (Lipinski definition) is 1. The maximum Gasteiger partial charge on any atom is 0.285 e. The lowest BCUT2D eigenvalue weighted by atomic mass is 9.87. The van der Waals surface area contributed by atoms with Crippen LogP contribution in [-0.4, -0.2) is 29.3 Å². The molecule has 0 bridgehead atoms. The van der Waals surface area contributed by atoms with E-state index in [-0.39, 0.29) is 16.4 Å². The van der Waals surface area contributed by atoms with Crippen molar-refractivity contribution < 1.29 is 9.90 Å². The van der Waals surface area contributed by atoms with E-state index < -0.39 is 0 Å². The minimum atomic E-state index is -0.104. The second kappa shape index (κ2) is 5.00. The molecule has 0 unspecified atom stereocenters. The van der Waals surface area contributed by atoms with Crippen LogP contribution in [-0.2, 0) is 5.41 Å². The summed E-state index contributed by atoms with van der Waals surface area (Å²) in [5, 5.41) is 9.53. The van der Waals surface area contributed by atoms with Crippen LogP contribution in [0.1, 0.15) is 26.3 Å². The second-order valence-electron chi connectivity index (χ2n) is 5.19. The Morgan fingerprint density at radius 3 is 2.35 bits per heavy atom. The fraction of sp³-hybridized carbons (Fsp3) is 0.462. The summed E-state index contributed by atoms with van der Waals surface area (Å²) in [5.74, 6) is 0.233. The van der Waals surface area contributed by atoms with E-state index in [0.717, 1.165) is 10.5 Å². The molecule has 1 N–H and O–H groups in total. The zero-order valence-electron chi connectivity index (χ0n) is 10.9. The minimum Gasteiger partial charge on any atom is -0.508 e. The predicted molar refractivity (Wildman–Crippen MR) is 71.7 cm³/mol. The topological polar surface area (TPSA) is 40.5 Å². The highest BCUT2D eigenvalue weighted by molar-refractivity contribution is 8.13. The number of hydrogen-bond acceptors (Lipinski definition) is 3. The van der Waals surface area contributed by atoms with Gasteiger partial charge in [0.2, 0.25) is 0 Å². The minimum absolute atomic E-state index is 0.0128. The van der Waals surface area contributed by atoms with Crippen molar-refractivity contribution >= 4 is 17.0 Å². The van der Waals surface area contributed by atoms with Gasteiger partial charge in [0.1, 0.15) is 5.75 Å². The maximum absolute atomic E-state index is 11.7. The lowest BCUT2D eigenvalue weighted by molar-refractivity contribution is 0.241. The van der Waals surface area contributed by atoms with Crippen molar-refractivity contribution in [3.05, 3.63) is 23.8 Å². The van der Waals surface area contributed by atoms with Crippen LogP contribution in [0.5, 0.6) is 5.75 Å². The van der Waals surface area contributed by atoms with Gasteiger partial charge in [0.15, 0.2) is 0 Å².